The largest absolute Gasteiger partial charge is 0.507 e. The lowest BCUT2D eigenvalue weighted by Crippen LogP contribution is -1.85. The van der Waals surface area contributed by atoms with Gasteiger partial charge in [0.05, 0.1) is 0 Å². The Morgan fingerprint density at radius 2 is 2.00 bits per heavy atom. The van der Waals surface area contributed by atoms with Crippen molar-refractivity contribution in [2.75, 3.05) is 0 Å². The Bertz CT molecular complexity index is 473. The summed E-state index contributed by atoms with van der Waals surface area (Å²) in [6, 6.07) is 3.83. The van der Waals surface area contributed by atoms with Crippen LogP contribution in [0.25, 0.3) is 6.08 Å². The molecule has 2 nitrogen and oxygen atoms in total. The van der Waals surface area contributed by atoms with E-state index in [-0.39, 0.29) is 0 Å². The van der Waals surface area contributed by atoms with E-state index in [2.05, 4.69) is 19.1 Å². The van der Waals surface area contributed by atoms with E-state index in [0.29, 0.717) is 5.75 Å². The first-order valence-electron chi connectivity index (χ1n) is 6.15. The molecule has 0 bridgehead atoms. The first-order chi connectivity index (χ1) is 8.58. The zero-order valence-corrected chi connectivity index (χ0v) is 11.3. The molecule has 18 heavy (non-hydrogen) atoms. The molecule has 2 heteroatoms. The molecule has 0 saturated carbocycles. The molecular formula is C16H21NO. The van der Waals surface area contributed by atoms with Crippen molar-refractivity contribution in [1.29, 1.82) is 0 Å². The van der Waals surface area contributed by atoms with Crippen molar-refractivity contribution in [3.05, 3.63) is 58.8 Å². The lowest BCUT2D eigenvalue weighted by atomic mass is 10.0. The molecule has 0 atom stereocenters. The molecular weight excluding hydrogens is 222 g/mol. The fourth-order valence-corrected chi connectivity index (χ4v) is 1.89. The van der Waals surface area contributed by atoms with Gasteiger partial charge in [-0.05, 0) is 55.3 Å². The molecule has 0 radical (unpaired) electrons. The van der Waals surface area contributed by atoms with E-state index in [1.165, 1.54) is 6.20 Å². The third-order valence-corrected chi connectivity index (χ3v) is 2.68. The Morgan fingerprint density at radius 1 is 1.28 bits per heavy atom. The van der Waals surface area contributed by atoms with E-state index in [9.17, 15) is 5.11 Å². The number of nitrogens with two attached hydrogens (primary N) is 1. The van der Waals surface area contributed by atoms with Gasteiger partial charge >= 0.3 is 0 Å². The molecule has 0 aromatic heterocycles. The molecule has 1 aromatic carbocycles. The maximum atomic E-state index is 9.93. The molecule has 0 spiro atoms. The van der Waals surface area contributed by atoms with Crippen LogP contribution in [0.4, 0.5) is 0 Å². The predicted octanol–water partition coefficient (Wildman–Crippen LogP) is 3.83. The van der Waals surface area contributed by atoms with Gasteiger partial charge in [0.1, 0.15) is 5.75 Å². The van der Waals surface area contributed by atoms with E-state index in [4.69, 9.17) is 5.73 Å². The smallest absolute Gasteiger partial charge is 0.123 e. The molecule has 96 valence electrons. The summed E-state index contributed by atoms with van der Waals surface area (Å²) in [7, 11) is 0. The van der Waals surface area contributed by atoms with Crippen LogP contribution in [0, 0.1) is 13.8 Å². The van der Waals surface area contributed by atoms with Crippen molar-refractivity contribution in [1.82, 2.24) is 0 Å². The zero-order chi connectivity index (χ0) is 13.5. The molecule has 0 heterocycles. The third-order valence-electron chi connectivity index (χ3n) is 2.68. The van der Waals surface area contributed by atoms with Gasteiger partial charge in [-0.1, -0.05) is 31.2 Å². The fraction of sp³-hybridized carbons (Fsp3) is 0.250. The topological polar surface area (TPSA) is 46.2 Å². The highest BCUT2D eigenvalue weighted by Gasteiger charge is 2.02. The van der Waals surface area contributed by atoms with Crippen LogP contribution in [0.2, 0.25) is 0 Å². The van der Waals surface area contributed by atoms with Gasteiger partial charge in [-0.2, -0.15) is 0 Å². The monoisotopic (exact) mass is 243 g/mol. The lowest BCUT2D eigenvalue weighted by Gasteiger charge is -2.05. The first kappa shape index (κ1) is 14.1. The molecule has 0 aliphatic carbocycles. The summed E-state index contributed by atoms with van der Waals surface area (Å²) in [6.07, 6.45) is 10.3. The van der Waals surface area contributed by atoms with Crippen molar-refractivity contribution < 1.29 is 5.11 Å². The number of aromatic hydroxyl groups is 1. The van der Waals surface area contributed by atoms with Gasteiger partial charge in [0.2, 0.25) is 0 Å². The highest BCUT2D eigenvalue weighted by atomic mass is 16.3. The van der Waals surface area contributed by atoms with Crippen molar-refractivity contribution in [3.8, 4) is 5.75 Å². The average molecular weight is 243 g/mol. The molecule has 3 N–H and O–H groups in total. The van der Waals surface area contributed by atoms with E-state index in [1.807, 2.05) is 32.1 Å². The number of rotatable bonds is 4. The first-order valence-corrected chi connectivity index (χ1v) is 6.15. The second-order valence-electron chi connectivity index (χ2n) is 4.32. The maximum absolute atomic E-state index is 9.93. The van der Waals surface area contributed by atoms with Crippen molar-refractivity contribution in [2.24, 2.45) is 5.73 Å². The molecule has 1 aromatic rings. The lowest BCUT2D eigenvalue weighted by molar-refractivity contribution is 0.473. The number of aryl methyl sites for hydroxylation is 2. The Labute approximate surface area is 109 Å². The van der Waals surface area contributed by atoms with Crippen LogP contribution < -0.4 is 5.73 Å². The van der Waals surface area contributed by atoms with Crippen LogP contribution in [0.5, 0.6) is 5.75 Å². The molecule has 0 aliphatic heterocycles. The van der Waals surface area contributed by atoms with Gasteiger partial charge in [-0.15, -0.1) is 0 Å². The second-order valence-corrected chi connectivity index (χ2v) is 4.32. The second kappa shape index (κ2) is 6.70. The van der Waals surface area contributed by atoms with Gasteiger partial charge in [0.15, 0.2) is 0 Å². The van der Waals surface area contributed by atoms with Crippen LogP contribution in [0.15, 0.2) is 42.1 Å². The number of allylic oxidation sites excluding steroid dienone is 4. The Kier molecular flexibility index (Phi) is 5.25. The van der Waals surface area contributed by atoms with Crippen LogP contribution in [-0.2, 0) is 0 Å². The summed E-state index contributed by atoms with van der Waals surface area (Å²) < 4.78 is 0. The molecule has 0 aliphatic rings. The summed E-state index contributed by atoms with van der Waals surface area (Å²) in [6.45, 7) is 6.04. The van der Waals surface area contributed by atoms with Crippen LogP contribution >= 0.6 is 0 Å². The molecule has 0 amide bonds. The molecule has 0 saturated heterocycles. The van der Waals surface area contributed by atoms with Crippen LogP contribution in [-0.4, -0.2) is 5.11 Å². The fourth-order valence-electron chi connectivity index (χ4n) is 1.89. The molecule has 0 fully saturated rings. The minimum atomic E-state index is 0.316. The zero-order valence-electron chi connectivity index (χ0n) is 11.3. The quantitative estimate of drug-likeness (QED) is 0.789. The standard InChI is InChI=1S/C16H21NO/c1-4-5-14(8-9-17)6-7-15-13(3)10-12(2)11-16(15)18/h5-11,18H,4,17H2,1-3H3/b7-6+,9-8-,14-5-. The summed E-state index contributed by atoms with van der Waals surface area (Å²) >= 11 is 0. The van der Waals surface area contributed by atoms with Crippen molar-refractivity contribution in [3.63, 3.8) is 0 Å². The SMILES string of the molecule is CC/C=C(\C=C/N)/C=C/c1c(C)cc(C)cc1O. The van der Waals surface area contributed by atoms with Gasteiger partial charge in [0, 0.05) is 5.56 Å². The molecule has 1 rings (SSSR count). The summed E-state index contributed by atoms with van der Waals surface area (Å²) in [5.74, 6) is 0.316. The van der Waals surface area contributed by atoms with Gasteiger partial charge in [0.25, 0.3) is 0 Å². The van der Waals surface area contributed by atoms with Crippen LogP contribution in [0.1, 0.15) is 30.0 Å². The number of benzene rings is 1. The van der Waals surface area contributed by atoms with Gasteiger partial charge in [-0.25, -0.2) is 0 Å². The maximum Gasteiger partial charge on any atom is 0.123 e. The number of hydrogen-bond donors (Lipinski definition) is 2. The van der Waals surface area contributed by atoms with E-state index >= 15 is 0 Å². The van der Waals surface area contributed by atoms with E-state index in [0.717, 1.165) is 28.7 Å². The van der Waals surface area contributed by atoms with E-state index in [1.54, 1.807) is 6.07 Å². The number of hydrogen-bond acceptors (Lipinski definition) is 2. The molecule has 0 unspecified atom stereocenters. The van der Waals surface area contributed by atoms with E-state index < -0.39 is 0 Å². The summed E-state index contributed by atoms with van der Waals surface area (Å²) in [5.41, 5.74) is 9.43. The summed E-state index contributed by atoms with van der Waals surface area (Å²) in [5, 5.41) is 9.93. The van der Waals surface area contributed by atoms with Crippen molar-refractivity contribution in [2.45, 2.75) is 27.2 Å². The minimum absolute atomic E-state index is 0.316. The predicted molar refractivity (Wildman–Crippen MR) is 78.3 cm³/mol. The van der Waals surface area contributed by atoms with Gasteiger partial charge < -0.3 is 10.8 Å². The van der Waals surface area contributed by atoms with Gasteiger partial charge in [-0.3, -0.25) is 0 Å². The highest BCUT2D eigenvalue weighted by molar-refractivity contribution is 5.64. The Morgan fingerprint density at radius 3 is 2.56 bits per heavy atom. The minimum Gasteiger partial charge on any atom is -0.507 e. The number of phenols is 1. The third kappa shape index (κ3) is 3.81. The van der Waals surface area contributed by atoms with Crippen LogP contribution in [0.3, 0.4) is 0 Å². The Hall–Kier alpha value is -1.96. The normalized spacial score (nSPS) is 12.7. The van der Waals surface area contributed by atoms with Crippen molar-refractivity contribution >= 4 is 6.08 Å². The number of phenolic OH excluding ortho intramolecular Hbond substituents is 1. The summed E-state index contributed by atoms with van der Waals surface area (Å²) in [4.78, 5) is 0. The Balaban J connectivity index is 3.07. The average Bonchev–Trinajstić information content (AvgIpc) is 2.28. The highest BCUT2D eigenvalue weighted by Crippen LogP contribution is 2.24.